The van der Waals surface area contributed by atoms with Gasteiger partial charge in [-0.3, -0.25) is 4.79 Å². The molecule has 0 radical (unpaired) electrons. The molecule has 0 saturated heterocycles. The topological polar surface area (TPSA) is 63.3 Å². The number of halogens is 1. The maximum Gasteiger partial charge on any atom is 0.320 e. The van der Waals surface area contributed by atoms with E-state index in [-0.39, 0.29) is 5.92 Å². The molecular formula is C6H12ClNO2. The summed E-state index contributed by atoms with van der Waals surface area (Å²) in [6.07, 6.45) is 0.443. The Balaban J connectivity index is 3.56. The molecule has 0 fully saturated rings. The van der Waals surface area contributed by atoms with Crippen molar-refractivity contribution in [3.05, 3.63) is 0 Å². The number of hydrogen-bond donors (Lipinski definition) is 2. The lowest BCUT2D eigenvalue weighted by Gasteiger charge is -2.09. The molecule has 0 saturated carbocycles. The molecule has 0 aliphatic carbocycles. The molecule has 60 valence electrons. The Hall–Kier alpha value is -0.280. The zero-order valence-electron chi connectivity index (χ0n) is 5.88. The van der Waals surface area contributed by atoms with Crippen molar-refractivity contribution in [1.82, 2.24) is 0 Å². The largest absolute Gasteiger partial charge is 0.480 e. The van der Waals surface area contributed by atoms with Gasteiger partial charge in [-0.25, -0.2) is 0 Å². The minimum atomic E-state index is -0.961. The van der Waals surface area contributed by atoms with Gasteiger partial charge in [-0.1, -0.05) is 6.92 Å². The zero-order chi connectivity index (χ0) is 8.15. The van der Waals surface area contributed by atoms with Gasteiger partial charge < -0.3 is 10.8 Å². The first-order chi connectivity index (χ1) is 4.57. The third kappa shape index (κ3) is 3.69. The average molecular weight is 166 g/mol. The van der Waals surface area contributed by atoms with Crippen LogP contribution in [0.2, 0.25) is 0 Å². The molecule has 10 heavy (non-hydrogen) atoms. The molecule has 0 rings (SSSR count). The van der Waals surface area contributed by atoms with E-state index in [1.807, 2.05) is 6.92 Å². The van der Waals surface area contributed by atoms with Crippen molar-refractivity contribution in [3.8, 4) is 0 Å². The Morgan fingerprint density at radius 1 is 1.80 bits per heavy atom. The fourth-order valence-electron chi connectivity index (χ4n) is 0.597. The van der Waals surface area contributed by atoms with E-state index < -0.39 is 12.0 Å². The Kier molecular flexibility index (Phi) is 4.40. The number of carboxylic acids is 1. The van der Waals surface area contributed by atoms with Gasteiger partial charge in [-0.2, -0.15) is 0 Å². The maximum absolute atomic E-state index is 10.2. The highest BCUT2D eigenvalue weighted by Gasteiger charge is 2.14. The number of rotatable bonds is 4. The van der Waals surface area contributed by atoms with Crippen LogP contribution < -0.4 is 5.73 Å². The molecule has 0 aromatic rings. The Morgan fingerprint density at radius 2 is 2.30 bits per heavy atom. The SMILES string of the molecule is C[C@H](CCl)C[C@H](N)C(=O)O. The molecular weight excluding hydrogens is 154 g/mol. The van der Waals surface area contributed by atoms with Crippen molar-refractivity contribution in [2.45, 2.75) is 19.4 Å². The van der Waals surface area contributed by atoms with Gasteiger partial charge in [0.1, 0.15) is 6.04 Å². The van der Waals surface area contributed by atoms with E-state index in [2.05, 4.69) is 0 Å². The van der Waals surface area contributed by atoms with Gasteiger partial charge in [0.05, 0.1) is 0 Å². The Labute approximate surface area is 65.2 Å². The molecule has 0 aromatic carbocycles. The Morgan fingerprint density at radius 3 is 2.60 bits per heavy atom. The van der Waals surface area contributed by atoms with Crippen LogP contribution in [0.15, 0.2) is 0 Å². The molecule has 0 aliphatic heterocycles. The third-order valence-electron chi connectivity index (χ3n) is 1.24. The van der Waals surface area contributed by atoms with Gasteiger partial charge in [0, 0.05) is 5.88 Å². The van der Waals surface area contributed by atoms with Gasteiger partial charge in [0.25, 0.3) is 0 Å². The number of aliphatic carboxylic acids is 1. The van der Waals surface area contributed by atoms with Crippen LogP contribution in [0.5, 0.6) is 0 Å². The summed E-state index contributed by atoms with van der Waals surface area (Å²) in [5.41, 5.74) is 5.23. The van der Waals surface area contributed by atoms with Crippen molar-refractivity contribution in [3.63, 3.8) is 0 Å². The van der Waals surface area contributed by atoms with Crippen LogP contribution in [-0.4, -0.2) is 23.0 Å². The van der Waals surface area contributed by atoms with E-state index >= 15 is 0 Å². The zero-order valence-corrected chi connectivity index (χ0v) is 6.64. The van der Waals surface area contributed by atoms with Crippen molar-refractivity contribution in [2.75, 3.05) is 5.88 Å². The van der Waals surface area contributed by atoms with E-state index in [0.29, 0.717) is 12.3 Å². The molecule has 0 aromatic heterocycles. The van der Waals surface area contributed by atoms with Crippen LogP contribution >= 0.6 is 11.6 Å². The van der Waals surface area contributed by atoms with Crippen LogP contribution in [0.3, 0.4) is 0 Å². The monoisotopic (exact) mass is 165 g/mol. The van der Waals surface area contributed by atoms with Crippen LogP contribution in [0.25, 0.3) is 0 Å². The molecule has 2 atom stereocenters. The molecule has 0 bridgehead atoms. The number of hydrogen-bond acceptors (Lipinski definition) is 2. The number of alkyl halides is 1. The fourth-order valence-corrected chi connectivity index (χ4v) is 0.723. The second kappa shape index (κ2) is 4.52. The second-order valence-electron chi connectivity index (χ2n) is 2.44. The molecule has 0 aliphatic rings. The van der Waals surface area contributed by atoms with Gasteiger partial charge in [0.15, 0.2) is 0 Å². The van der Waals surface area contributed by atoms with Crippen LogP contribution in [0.1, 0.15) is 13.3 Å². The average Bonchev–Trinajstić information content (AvgIpc) is 1.87. The summed E-state index contributed by atoms with van der Waals surface area (Å²) in [6, 6.07) is -0.770. The van der Waals surface area contributed by atoms with Crippen LogP contribution in [0.4, 0.5) is 0 Å². The van der Waals surface area contributed by atoms with Crippen molar-refractivity contribution >= 4 is 17.6 Å². The normalized spacial score (nSPS) is 16.3. The lowest BCUT2D eigenvalue weighted by molar-refractivity contribution is -0.138. The van der Waals surface area contributed by atoms with E-state index in [1.54, 1.807) is 0 Å². The molecule has 3 nitrogen and oxygen atoms in total. The van der Waals surface area contributed by atoms with Crippen LogP contribution in [-0.2, 0) is 4.79 Å². The van der Waals surface area contributed by atoms with Crippen molar-refractivity contribution < 1.29 is 9.90 Å². The summed E-state index contributed by atoms with van der Waals surface area (Å²) >= 11 is 5.45. The predicted octanol–water partition coefficient (Wildman–Crippen LogP) is 0.663. The van der Waals surface area contributed by atoms with E-state index in [0.717, 1.165) is 0 Å². The smallest absolute Gasteiger partial charge is 0.320 e. The van der Waals surface area contributed by atoms with Gasteiger partial charge in [-0.05, 0) is 12.3 Å². The standard InChI is InChI=1S/C6H12ClNO2/c1-4(3-7)2-5(8)6(9)10/h4-5H,2-3,8H2,1H3,(H,9,10)/t4-,5-/m0/s1. The molecule has 3 N–H and O–H groups in total. The summed E-state index contributed by atoms with van der Waals surface area (Å²) in [7, 11) is 0. The molecule has 4 heteroatoms. The second-order valence-corrected chi connectivity index (χ2v) is 2.75. The maximum atomic E-state index is 10.2. The van der Waals surface area contributed by atoms with Crippen molar-refractivity contribution in [1.29, 1.82) is 0 Å². The Bertz CT molecular complexity index is 118. The summed E-state index contributed by atoms with van der Waals surface area (Å²) in [5, 5.41) is 8.36. The minimum absolute atomic E-state index is 0.174. The number of carbonyl (C=O) groups is 1. The summed E-state index contributed by atoms with van der Waals surface area (Å²) in [5.74, 6) is -0.328. The lowest BCUT2D eigenvalue weighted by Crippen LogP contribution is -2.32. The van der Waals surface area contributed by atoms with E-state index in [9.17, 15) is 4.79 Å². The summed E-state index contributed by atoms with van der Waals surface area (Å²) in [6.45, 7) is 1.87. The van der Waals surface area contributed by atoms with Gasteiger partial charge in [-0.15, -0.1) is 11.6 Å². The summed E-state index contributed by atoms with van der Waals surface area (Å²) < 4.78 is 0. The third-order valence-corrected chi connectivity index (χ3v) is 1.76. The quantitative estimate of drug-likeness (QED) is 0.602. The molecule has 0 spiro atoms. The first-order valence-corrected chi connectivity index (χ1v) is 3.65. The molecule has 0 amide bonds. The first-order valence-electron chi connectivity index (χ1n) is 3.12. The molecule has 0 heterocycles. The van der Waals surface area contributed by atoms with E-state index in [4.69, 9.17) is 22.4 Å². The predicted molar refractivity (Wildman–Crippen MR) is 40.1 cm³/mol. The van der Waals surface area contributed by atoms with Crippen LogP contribution in [0, 0.1) is 5.92 Å². The number of nitrogens with two attached hydrogens (primary N) is 1. The van der Waals surface area contributed by atoms with Gasteiger partial charge >= 0.3 is 5.97 Å². The number of carboxylic acid groups (broad SMARTS) is 1. The highest BCUT2D eigenvalue weighted by molar-refractivity contribution is 6.18. The first kappa shape index (κ1) is 9.72. The summed E-state index contributed by atoms with van der Waals surface area (Å²) in [4.78, 5) is 10.2. The highest BCUT2D eigenvalue weighted by Crippen LogP contribution is 2.05. The lowest BCUT2D eigenvalue weighted by atomic mass is 10.1. The van der Waals surface area contributed by atoms with Gasteiger partial charge in [0.2, 0.25) is 0 Å². The minimum Gasteiger partial charge on any atom is -0.480 e. The fraction of sp³-hybridized carbons (Fsp3) is 0.833. The van der Waals surface area contributed by atoms with Crippen molar-refractivity contribution in [2.24, 2.45) is 11.7 Å². The highest BCUT2D eigenvalue weighted by atomic mass is 35.5. The molecule has 0 unspecified atom stereocenters. The van der Waals surface area contributed by atoms with E-state index in [1.165, 1.54) is 0 Å².